The number of fused-ring (bicyclic) bond motifs is 1. The Labute approximate surface area is 143 Å². The Morgan fingerprint density at radius 1 is 1.28 bits per heavy atom. The number of carbonyl (C=O) groups excluding carboxylic acids is 1. The molecule has 0 saturated carbocycles. The third-order valence-corrected chi connectivity index (χ3v) is 4.45. The summed E-state index contributed by atoms with van der Waals surface area (Å²) in [5.74, 6) is -0.113. The predicted molar refractivity (Wildman–Crippen MR) is 92.7 cm³/mol. The second kappa shape index (κ2) is 6.35. The molecule has 2 aromatic heterocycles. The van der Waals surface area contributed by atoms with E-state index in [0.29, 0.717) is 5.95 Å². The number of nitrogens with zero attached hydrogens (tertiary/aromatic N) is 3. The SMILES string of the molecule is O=C(Nc1cnc(-n2cccn2)[nH]c1=O)C1CCCc2ccccc21. The van der Waals surface area contributed by atoms with Gasteiger partial charge in [0.2, 0.25) is 11.9 Å². The van der Waals surface area contributed by atoms with Gasteiger partial charge in [-0.3, -0.25) is 14.6 Å². The molecule has 25 heavy (non-hydrogen) atoms. The van der Waals surface area contributed by atoms with Crippen LogP contribution in [0.1, 0.15) is 29.9 Å². The van der Waals surface area contributed by atoms with Crippen LogP contribution in [0.15, 0.2) is 53.7 Å². The van der Waals surface area contributed by atoms with E-state index in [9.17, 15) is 9.59 Å². The van der Waals surface area contributed by atoms with Gasteiger partial charge in [-0.25, -0.2) is 9.67 Å². The summed E-state index contributed by atoms with van der Waals surface area (Å²) >= 11 is 0. The lowest BCUT2D eigenvalue weighted by molar-refractivity contribution is -0.117. The number of anilines is 1. The van der Waals surface area contributed by atoms with Crippen molar-refractivity contribution in [1.29, 1.82) is 0 Å². The summed E-state index contributed by atoms with van der Waals surface area (Å²) in [4.78, 5) is 31.7. The Hall–Kier alpha value is -3.22. The average Bonchev–Trinajstić information content (AvgIpc) is 3.17. The minimum atomic E-state index is -0.405. The number of amides is 1. The minimum Gasteiger partial charge on any atom is -0.320 e. The summed E-state index contributed by atoms with van der Waals surface area (Å²) in [5.41, 5.74) is 1.99. The zero-order chi connectivity index (χ0) is 17.2. The fourth-order valence-electron chi connectivity index (χ4n) is 3.23. The number of rotatable bonds is 3. The van der Waals surface area contributed by atoms with Crippen LogP contribution in [0, 0.1) is 0 Å². The van der Waals surface area contributed by atoms with Gasteiger partial charge in [0, 0.05) is 12.4 Å². The molecule has 1 unspecified atom stereocenters. The Kier molecular flexibility index (Phi) is 3.89. The van der Waals surface area contributed by atoms with Crippen LogP contribution in [0.25, 0.3) is 5.95 Å². The predicted octanol–water partition coefficient (Wildman–Crippen LogP) is 2.01. The number of aryl methyl sites for hydroxylation is 1. The van der Waals surface area contributed by atoms with Gasteiger partial charge in [0.1, 0.15) is 5.69 Å². The lowest BCUT2D eigenvalue weighted by atomic mass is 9.82. The molecule has 1 atom stereocenters. The number of nitrogens with one attached hydrogen (secondary N) is 2. The monoisotopic (exact) mass is 335 g/mol. The molecule has 0 saturated heterocycles. The van der Waals surface area contributed by atoms with Crippen LogP contribution in [0.5, 0.6) is 0 Å². The van der Waals surface area contributed by atoms with Crippen LogP contribution >= 0.6 is 0 Å². The highest BCUT2D eigenvalue weighted by Crippen LogP contribution is 2.32. The standard InChI is InChI=1S/C18H17N5O2/c24-16(14-8-3-6-12-5-1-2-7-13(12)14)21-15-11-19-18(22-17(15)25)23-10-4-9-20-23/h1-2,4-5,7,9-11,14H,3,6,8H2,(H,21,24)(H,19,22,25). The van der Waals surface area contributed by atoms with E-state index in [-0.39, 0.29) is 17.5 Å². The number of H-pyrrole nitrogens is 1. The van der Waals surface area contributed by atoms with E-state index in [1.807, 2.05) is 18.2 Å². The van der Waals surface area contributed by atoms with Gasteiger partial charge in [0.05, 0.1) is 12.1 Å². The first-order valence-corrected chi connectivity index (χ1v) is 8.20. The van der Waals surface area contributed by atoms with Crippen molar-refractivity contribution in [2.24, 2.45) is 0 Å². The van der Waals surface area contributed by atoms with Crippen molar-refractivity contribution < 1.29 is 4.79 Å². The van der Waals surface area contributed by atoms with Crippen LogP contribution in [0.2, 0.25) is 0 Å². The first-order valence-electron chi connectivity index (χ1n) is 8.20. The maximum Gasteiger partial charge on any atom is 0.276 e. The second-order valence-corrected chi connectivity index (χ2v) is 6.03. The van der Waals surface area contributed by atoms with Crippen LogP contribution in [-0.4, -0.2) is 25.7 Å². The molecule has 1 aromatic carbocycles. The van der Waals surface area contributed by atoms with Gasteiger partial charge in [-0.15, -0.1) is 0 Å². The van der Waals surface area contributed by atoms with E-state index in [1.165, 1.54) is 16.4 Å². The van der Waals surface area contributed by atoms with Crippen LogP contribution in [0.3, 0.4) is 0 Å². The van der Waals surface area contributed by atoms with Gasteiger partial charge in [0.25, 0.3) is 5.56 Å². The maximum absolute atomic E-state index is 12.7. The van der Waals surface area contributed by atoms with E-state index in [1.54, 1.807) is 18.5 Å². The maximum atomic E-state index is 12.7. The molecule has 1 aliphatic rings. The quantitative estimate of drug-likeness (QED) is 0.766. The Balaban J connectivity index is 1.57. The molecule has 2 N–H and O–H groups in total. The van der Waals surface area contributed by atoms with E-state index in [2.05, 4.69) is 26.4 Å². The number of hydrogen-bond donors (Lipinski definition) is 2. The van der Waals surface area contributed by atoms with Crippen molar-refractivity contribution >= 4 is 11.6 Å². The minimum absolute atomic E-state index is 0.143. The van der Waals surface area contributed by atoms with Gasteiger partial charge in [-0.1, -0.05) is 24.3 Å². The summed E-state index contributed by atoms with van der Waals surface area (Å²) < 4.78 is 1.45. The fourth-order valence-corrected chi connectivity index (χ4v) is 3.23. The first-order chi connectivity index (χ1) is 12.2. The normalized spacial score (nSPS) is 16.2. The molecule has 0 radical (unpaired) electrons. The first kappa shape index (κ1) is 15.3. The zero-order valence-electron chi connectivity index (χ0n) is 13.5. The molecule has 0 fully saturated rings. The van der Waals surface area contributed by atoms with Crippen molar-refractivity contribution in [3.63, 3.8) is 0 Å². The summed E-state index contributed by atoms with van der Waals surface area (Å²) in [6.45, 7) is 0. The molecule has 7 heteroatoms. The number of carbonyl (C=O) groups is 1. The van der Waals surface area contributed by atoms with Gasteiger partial charge in [-0.2, -0.15) is 5.10 Å². The molecule has 1 aliphatic carbocycles. The lowest BCUT2D eigenvalue weighted by Crippen LogP contribution is -2.28. The van der Waals surface area contributed by atoms with Crippen molar-refractivity contribution in [2.75, 3.05) is 5.32 Å². The molecule has 0 aliphatic heterocycles. The third-order valence-electron chi connectivity index (χ3n) is 4.45. The van der Waals surface area contributed by atoms with Gasteiger partial charge < -0.3 is 5.32 Å². The fraction of sp³-hybridized carbons (Fsp3) is 0.222. The number of benzene rings is 1. The molecule has 7 nitrogen and oxygen atoms in total. The molecule has 0 bridgehead atoms. The zero-order valence-corrected chi connectivity index (χ0v) is 13.5. The summed E-state index contributed by atoms with van der Waals surface area (Å²) in [5, 5.41) is 6.73. The van der Waals surface area contributed by atoms with Crippen molar-refractivity contribution in [2.45, 2.75) is 25.2 Å². The number of aromatic amines is 1. The Bertz CT molecular complexity index is 962. The average molecular weight is 335 g/mol. The highest BCUT2D eigenvalue weighted by molar-refractivity contribution is 5.96. The second-order valence-electron chi connectivity index (χ2n) is 6.03. The van der Waals surface area contributed by atoms with Crippen LogP contribution in [0.4, 0.5) is 5.69 Å². The van der Waals surface area contributed by atoms with Gasteiger partial charge in [0.15, 0.2) is 0 Å². The number of hydrogen-bond acceptors (Lipinski definition) is 4. The third kappa shape index (κ3) is 2.96. The molecule has 1 amide bonds. The molecule has 0 spiro atoms. The van der Waals surface area contributed by atoms with E-state index in [4.69, 9.17) is 0 Å². The highest BCUT2D eigenvalue weighted by Gasteiger charge is 2.26. The van der Waals surface area contributed by atoms with Crippen LogP contribution < -0.4 is 10.9 Å². The van der Waals surface area contributed by atoms with Gasteiger partial charge in [-0.05, 0) is 36.5 Å². The summed E-state index contributed by atoms with van der Waals surface area (Å²) in [7, 11) is 0. The smallest absolute Gasteiger partial charge is 0.276 e. The van der Waals surface area contributed by atoms with Crippen LogP contribution in [-0.2, 0) is 11.2 Å². The molecular formula is C18H17N5O2. The summed E-state index contributed by atoms with van der Waals surface area (Å²) in [6.07, 6.45) is 7.36. The molecule has 4 rings (SSSR count). The van der Waals surface area contributed by atoms with E-state index in [0.717, 1.165) is 24.8 Å². The number of aromatic nitrogens is 4. The van der Waals surface area contributed by atoms with Crippen molar-refractivity contribution in [3.8, 4) is 5.95 Å². The van der Waals surface area contributed by atoms with E-state index < -0.39 is 5.56 Å². The molecule has 2 heterocycles. The van der Waals surface area contributed by atoms with Crippen molar-refractivity contribution in [3.05, 3.63) is 70.4 Å². The topological polar surface area (TPSA) is 92.7 Å². The van der Waals surface area contributed by atoms with Gasteiger partial charge >= 0.3 is 0 Å². The van der Waals surface area contributed by atoms with E-state index >= 15 is 0 Å². The molecule has 126 valence electrons. The van der Waals surface area contributed by atoms with Crippen molar-refractivity contribution in [1.82, 2.24) is 19.7 Å². The molecular weight excluding hydrogens is 318 g/mol. The Morgan fingerprint density at radius 3 is 2.96 bits per heavy atom. The highest BCUT2D eigenvalue weighted by atomic mass is 16.2. The summed E-state index contributed by atoms with van der Waals surface area (Å²) in [6, 6.07) is 9.71. The largest absolute Gasteiger partial charge is 0.320 e. The lowest BCUT2D eigenvalue weighted by Gasteiger charge is -2.24. The Morgan fingerprint density at radius 2 is 2.16 bits per heavy atom. The molecule has 3 aromatic rings.